The molecule has 10 nitrogen and oxygen atoms in total. The van der Waals surface area contributed by atoms with Crippen molar-refractivity contribution in [1.82, 2.24) is 30.1 Å². The van der Waals surface area contributed by atoms with Crippen LogP contribution in [0.2, 0.25) is 0 Å². The second kappa shape index (κ2) is 7.61. The van der Waals surface area contributed by atoms with Crippen LogP contribution in [0.15, 0.2) is 23.0 Å². The summed E-state index contributed by atoms with van der Waals surface area (Å²) in [5.41, 5.74) is 1.19. The fourth-order valence-corrected chi connectivity index (χ4v) is 4.94. The molecular formula is C21H24N6O4. The lowest BCUT2D eigenvalue weighted by atomic mass is 10.0. The van der Waals surface area contributed by atoms with Gasteiger partial charge in [-0.3, -0.25) is 9.69 Å². The normalized spacial score (nSPS) is 20.5. The number of benzene rings is 1. The van der Waals surface area contributed by atoms with Gasteiger partial charge in [0.05, 0.1) is 24.8 Å². The highest BCUT2D eigenvalue weighted by Gasteiger charge is 2.34. The minimum Gasteiger partial charge on any atom is -0.454 e. The second-order valence-corrected chi connectivity index (χ2v) is 8.32. The van der Waals surface area contributed by atoms with E-state index in [0.29, 0.717) is 48.9 Å². The maximum absolute atomic E-state index is 13.3. The third kappa shape index (κ3) is 3.26. The number of aromatic nitrogens is 5. The number of pyridine rings is 1. The number of tetrazole rings is 1. The van der Waals surface area contributed by atoms with Crippen LogP contribution in [0, 0.1) is 0 Å². The van der Waals surface area contributed by atoms with E-state index in [9.17, 15) is 4.79 Å². The summed E-state index contributed by atoms with van der Waals surface area (Å²) in [5, 5.41) is 13.6. The maximum Gasteiger partial charge on any atom is 0.253 e. The fraction of sp³-hybridized carbons (Fsp3) is 0.524. The maximum atomic E-state index is 13.3. The van der Waals surface area contributed by atoms with Gasteiger partial charge in [-0.15, -0.1) is 5.10 Å². The highest BCUT2D eigenvalue weighted by atomic mass is 16.7. The quantitative estimate of drug-likeness (QED) is 0.675. The molecule has 2 aliphatic heterocycles. The topological polar surface area (TPSA) is 107 Å². The van der Waals surface area contributed by atoms with Gasteiger partial charge in [-0.05, 0) is 35.4 Å². The molecule has 0 amide bonds. The predicted molar refractivity (Wildman–Crippen MR) is 110 cm³/mol. The summed E-state index contributed by atoms with van der Waals surface area (Å²) in [4.78, 5) is 18.6. The zero-order chi connectivity index (χ0) is 20.8. The molecule has 1 saturated carbocycles. The zero-order valence-electron chi connectivity index (χ0n) is 17.1. The summed E-state index contributed by atoms with van der Waals surface area (Å²) in [6.45, 7) is 2.84. The Labute approximate surface area is 178 Å². The van der Waals surface area contributed by atoms with Crippen LogP contribution < -0.4 is 15.0 Å². The highest BCUT2D eigenvalue weighted by molar-refractivity contribution is 5.83. The number of hydrogen-bond donors (Lipinski definition) is 1. The minimum absolute atomic E-state index is 0.149. The van der Waals surface area contributed by atoms with Gasteiger partial charge in [0.2, 0.25) is 6.79 Å². The van der Waals surface area contributed by atoms with Crippen molar-refractivity contribution in [3.8, 4) is 11.5 Å². The van der Waals surface area contributed by atoms with Crippen LogP contribution >= 0.6 is 0 Å². The van der Waals surface area contributed by atoms with E-state index in [4.69, 9.17) is 14.2 Å². The first-order valence-electron chi connectivity index (χ1n) is 10.8. The molecule has 2 aromatic heterocycles. The molecule has 1 saturated heterocycles. The van der Waals surface area contributed by atoms with Gasteiger partial charge >= 0.3 is 0 Å². The molecule has 10 heteroatoms. The van der Waals surface area contributed by atoms with Gasteiger partial charge in [0.1, 0.15) is 6.04 Å². The number of aromatic amines is 1. The predicted octanol–water partition coefficient (Wildman–Crippen LogP) is 1.78. The van der Waals surface area contributed by atoms with Crippen molar-refractivity contribution < 1.29 is 14.2 Å². The summed E-state index contributed by atoms with van der Waals surface area (Å²) in [5.74, 6) is 2.05. The van der Waals surface area contributed by atoms with Crippen LogP contribution in [-0.2, 0) is 4.74 Å². The van der Waals surface area contributed by atoms with E-state index in [1.807, 2.05) is 22.9 Å². The third-order valence-electron chi connectivity index (χ3n) is 6.50. The van der Waals surface area contributed by atoms with Gasteiger partial charge in [-0.25, -0.2) is 4.68 Å². The van der Waals surface area contributed by atoms with Crippen LogP contribution in [0.5, 0.6) is 11.5 Å². The van der Waals surface area contributed by atoms with E-state index in [2.05, 4.69) is 25.4 Å². The summed E-state index contributed by atoms with van der Waals surface area (Å²) >= 11 is 0. The van der Waals surface area contributed by atoms with Crippen molar-refractivity contribution in [1.29, 1.82) is 0 Å². The molecule has 4 heterocycles. The van der Waals surface area contributed by atoms with Crippen molar-refractivity contribution in [2.45, 2.75) is 37.8 Å². The Kier molecular flexibility index (Phi) is 4.61. The lowest BCUT2D eigenvalue weighted by Crippen LogP contribution is -2.42. The molecule has 1 aromatic carbocycles. The smallest absolute Gasteiger partial charge is 0.253 e. The molecule has 6 rings (SSSR count). The van der Waals surface area contributed by atoms with Crippen molar-refractivity contribution in [2.24, 2.45) is 0 Å². The molecule has 3 aliphatic rings. The monoisotopic (exact) mass is 424 g/mol. The van der Waals surface area contributed by atoms with E-state index < -0.39 is 0 Å². The van der Waals surface area contributed by atoms with Crippen molar-refractivity contribution in [3.63, 3.8) is 0 Å². The molecule has 1 unspecified atom stereocenters. The van der Waals surface area contributed by atoms with Gasteiger partial charge in [-0.1, -0.05) is 12.8 Å². The molecule has 162 valence electrons. The standard InChI is InChI=1S/C21H24N6O4/c28-21-15(9-13-10-17-18(31-12-30-17)11-16(13)22-21)19(26-5-7-29-8-6-26)20-23-24-25-27(20)14-3-1-2-4-14/h9-11,14,19H,1-8,12H2,(H,22,28). The zero-order valence-corrected chi connectivity index (χ0v) is 17.1. The average Bonchev–Trinajstić information content (AvgIpc) is 3.55. The van der Waals surface area contributed by atoms with E-state index in [-0.39, 0.29) is 24.4 Å². The Morgan fingerprint density at radius 1 is 1.06 bits per heavy atom. The van der Waals surface area contributed by atoms with Crippen molar-refractivity contribution >= 4 is 10.9 Å². The van der Waals surface area contributed by atoms with Crippen molar-refractivity contribution in [2.75, 3.05) is 33.1 Å². The summed E-state index contributed by atoms with van der Waals surface area (Å²) in [7, 11) is 0. The van der Waals surface area contributed by atoms with Crippen LogP contribution in [0.3, 0.4) is 0 Å². The van der Waals surface area contributed by atoms with Gasteiger partial charge in [0.25, 0.3) is 5.56 Å². The van der Waals surface area contributed by atoms with Crippen LogP contribution in [0.25, 0.3) is 10.9 Å². The van der Waals surface area contributed by atoms with Gasteiger partial charge < -0.3 is 19.2 Å². The number of ether oxygens (including phenoxy) is 3. The Hall–Kier alpha value is -2.98. The minimum atomic E-state index is -0.349. The largest absolute Gasteiger partial charge is 0.454 e. The number of hydrogen-bond acceptors (Lipinski definition) is 8. The number of nitrogens with zero attached hydrogens (tertiary/aromatic N) is 5. The van der Waals surface area contributed by atoms with Crippen LogP contribution in [0.4, 0.5) is 0 Å². The lowest BCUT2D eigenvalue weighted by Gasteiger charge is -2.34. The van der Waals surface area contributed by atoms with E-state index >= 15 is 0 Å². The van der Waals surface area contributed by atoms with Crippen LogP contribution in [0.1, 0.15) is 49.2 Å². The summed E-state index contributed by atoms with van der Waals surface area (Å²) < 4.78 is 18.5. The molecule has 0 radical (unpaired) electrons. The number of rotatable bonds is 4. The third-order valence-corrected chi connectivity index (χ3v) is 6.50. The fourth-order valence-electron chi connectivity index (χ4n) is 4.94. The Morgan fingerprint density at radius 3 is 2.65 bits per heavy atom. The number of morpholine rings is 1. The van der Waals surface area contributed by atoms with Crippen LogP contribution in [-0.4, -0.2) is 63.2 Å². The number of fused-ring (bicyclic) bond motifs is 2. The molecule has 2 fully saturated rings. The Balaban J connectivity index is 1.49. The first kappa shape index (κ1) is 18.8. The molecule has 1 aliphatic carbocycles. The highest BCUT2D eigenvalue weighted by Crippen LogP contribution is 2.37. The summed E-state index contributed by atoms with van der Waals surface area (Å²) in [6.07, 6.45) is 4.47. The molecule has 3 aromatic rings. The first-order valence-corrected chi connectivity index (χ1v) is 10.8. The van der Waals surface area contributed by atoms with Gasteiger partial charge in [-0.2, -0.15) is 0 Å². The molecule has 1 N–H and O–H groups in total. The van der Waals surface area contributed by atoms with E-state index in [1.165, 1.54) is 12.8 Å². The lowest BCUT2D eigenvalue weighted by molar-refractivity contribution is 0.0211. The Bertz CT molecular complexity index is 1160. The second-order valence-electron chi connectivity index (χ2n) is 8.32. The molecule has 0 spiro atoms. The van der Waals surface area contributed by atoms with Crippen molar-refractivity contribution in [3.05, 3.63) is 39.9 Å². The van der Waals surface area contributed by atoms with Gasteiger partial charge in [0.15, 0.2) is 17.3 Å². The molecule has 0 bridgehead atoms. The van der Waals surface area contributed by atoms with E-state index in [1.54, 1.807) is 0 Å². The van der Waals surface area contributed by atoms with Gasteiger partial charge in [0, 0.05) is 30.1 Å². The SMILES string of the molecule is O=c1[nH]c2cc3c(cc2cc1C(c1nnnn1C1CCCC1)N1CCOCC1)OCO3. The Morgan fingerprint density at radius 2 is 1.84 bits per heavy atom. The average molecular weight is 424 g/mol. The number of nitrogens with one attached hydrogen (secondary N) is 1. The first-order chi connectivity index (χ1) is 15.3. The molecular weight excluding hydrogens is 400 g/mol. The summed E-state index contributed by atoms with van der Waals surface area (Å²) in [6, 6.07) is 5.59. The van der Waals surface area contributed by atoms with E-state index in [0.717, 1.165) is 24.1 Å². The molecule has 1 atom stereocenters. The number of H-pyrrole nitrogens is 1. The molecule has 31 heavy (non-hydrogen) atoms.